The molecule has 112 valence electrons. The van der Waals surface area contributed by atoms with Crippen LogP contribution in [-0.4, -0.2) is 22.1 Å². The molecular formula is C17H22N2O2. The molecule has 0 unspecified atom stereocenters. The number of carboxylic acid groups (broad SMARTS) is 1. The molecule has 0 saturated heterocycles. The molecule has 1 aromatic carbocycles. The van der Waals surface area contributed by atoms with Crippen molar-refractivity contribution in [3.63, 3.8) is 0 Å². The highest BCUT2D eigenvalue weighted by atomic mass is 16.4. The predicted octanol–water partition coefficient (Wildman–Crippen LogP) is 3.24. The fourth-order valence-corrected chi connectivity index (χ4v) is 3.56. The minimum atomic E-state index is -0.762. The Kier molecular flexibility index (Phi) is 3.72. The molecule has 2 heterocycles. The van der Waals surface area contributed by atoms with Gasteiger partial charge in [0.25, 0.3) is 0 Å². The Bertz CT molecular complexity index is 658. The van der Waals surface area contributed by atoms with Crippen molar-refractivity contribution in [3.05, 3.63) is 35.5 Å². The van der Waals surface area contributed by atoms with Crippen molar-refractivity contribution in [1.29, 1.82) is 0 Å². The van der Waals surface area contributed by atoms with Gasteiger partial charge in [0.1, 0.15) is 6.04 Å². The first-order valence-electron chi connectivity index (χ1n) is 7.74. The number of benzene rings is 1. The van der Waals surface area contributed by atoms with Gasteiger partial charge in [0.2, 0.25) is 0 Å². The van der Waals surface area contributed by atoms with E-state index >= 15 is 0 Å². The van der Waals surface area contributed by atoms with E-state index in [1.54, 1.807) is 0 Å². The highest BCUT2D eigenvalue weighted by Gasteiger charge is 2.35. The van der Waals surface area contributed by atoms with Gasteiger partial charge in [-0.25, -0.2) is 0 Å². The van der Waals surface area contributed by atoms with Crippen LogP contribution >= 0.6 is 0 Å². The van der Waals surface area contributed by atoms with E-state index in [0.717, 1.165) is 23.7 Å². The Hall–Kier alpha value is -1.81. The number of para-hydroxylation sites is 1. The van der Waals surface area contributed by atoms with Crippen molar-refractivity contribution >= 4 is 16.9 Å². The van der Waals surface area contributed by atoms with Crippen LogP contribution in [0.4, 0.5) is 0 Å². The molecule has 1 aliphatic rings. The number of aliphatic carboxylic acids is 1. The van der Waals surface area contributed by atoms with Gasteiger partial charge in [0.15, 0.2) is 0 Å². The van der Waals surface area contributed by atoms with E-state index in [-0.39, 0.29) is 6.04 Å². The van der Waals surface area contributed by atoms with Gasteiger partial charge in [-0.15, -0.1) is 0 Å². The lowest BCUT2D eigenvalue weighted by molar-refractivity contribution is -0.140. The third kappa shape index (κ3) is 2.33. The van der Waals surface area contributed by atoms with Crippen molar-refractivity contribution in [2.45, 2.75) is 45.2 Å². The van der Waals surface area contributed by atoms with Crippen molar-refractivity contribution in [2.24, 2.45) is 5.92 Å². The van der Waals surface area contributed by atoms with Gasteiger partial charge in [-0.05, 0) is 17.5 Å². The smallest absolute Gasteiger partial charge is 0.321 e. The molecule has 1 aliphatic heterocycles. The van der Waals surface area contributed by atoms with E-state index in [2.05, 4.69) is 36.3 Å². The number of aromatic nitrogens is 1. The maximum Gasteiger partial charge on any atom is 0.321 e. The number of fused-ring (bicyclic) bond motifs is 3. The average Bonchev–Trinajstić information content (AvgIpc) is 2.87. The van der Waals surface area contributed by atoms with E-state index < -0.39 is 12.0 Å². The van der Waals surface area contributed by atoms with Gasteiger partial charge in [-0.2, -0.15) is 0 Å². The lowest BCUT2D eigenvalue weighted by Crippen LogP contribution is -2.46. The maximum atomic E-state index is 11.5. The monoisotopic (exact) mass is 286 g/mol. The minimum absolute atomic E-state index is 0.0947. The second-order valence-corrected chi connectivity index (χ2v) is 5.88. The molecular weight excluding hydrogens is 264 g/mol. The minimum Gasteiger partial charge on any atom is -0.480 e. The molecule has 0 aliphatic carbocycles. The summed E-state index contributed by atoms with van der Waals surface area (Å²) >= 11 is 0. The Morgan fingerprint density at radius 3 is 2.71 bits per heavy atom. The van der Waals surface area contributed by atoms with Gasteiger partial charge in [0, 0.05) is 23.0 Å². The molecule has 4 nitrogen and oxygen atoms in total. The van der Waals surface area contributed by atoms with Gasteiger partial charge in [-0.1, -0.05) is 44.9 Å². The first-order chi connectivity index (χ1) is 10.2. The van der Waals surface area contributed by atoms with Gasteiger partial charge in [-0.3, -0.25) is 10.1 Å². The molecule has 0 amide bonds. The van der Waals surface area contributed by atoms with E-state index in [1.165, 1.54) is 11.3 Å². The number of hydrogen-bond donors (Lipinski definition) is 3. The molecule has 0 spiro atoms. The number of hydrogen-bond acceptors (Lipinski definition) is 2. The van der Waals surface area contributed by atoms with E-state index in [9.17, 15) is 9.90 Å². The normalized spacial score (nSPS) is 21.7. The molecule has 3 rings (SSSR count). The number of rotatable bonds is 4. The Morgan fingerprint density at radius 1 is 1.33 bits per heavy atom. The van der Waals surface area contributed by atoms with Gasteiger partial charge in [0.05, 0.1) is 6.04 Å². The van der Waals surface area contributed by atoms with Crippen LogP contribution in [0.1, 0.15) is 44.0 Å². The zero-order chi connectivity index (χ0) is 15.0. The molecule has 4 heteroatoms. The summed E-state index contributed by atoms with van der Waals surface area (Å²) in [6.07, 6.45) is 2.62. The Labute approximate surface area is 124 Å². The van der Waals surface area contributed by atoms with Crippen molar-refractivity contribution in [1.82, 2.24) is 10.3 Å². The fraction of sp³-hybridized carbons (Fsp3) is 0.471. The number of nitrogens with one attached hydrogen (secondary N) is 2. The summed E-state index contributed by atoms with van der Waals surface area (Å²) in [6.45, 7) is 4.34. The molecule has 2 atom stereocenters. The topological polar surface area (TPSA) is 65.1 Å². The molecule has 1 aromatic heterocycles. The lowest BCUT2D eigenvalue weighted by Gasteiger charge is -2.34. The van der Waals surface area contributed by atoms with Crippen LogP contribution in [0.15, 0.2) is 24.3 Å². The van der Waals surface area contributed by atoms with E-state index in [1.807, 2.05) is 12.1 Å². The summed E-state index contributed by atoms with van der Waals surface area (Å²) in [5, 5.41) is 14.0. The molecule has 0 radical (unpaired) electrons. The Morgan fingerprint density at radius 2 is 2.05 bits per heavy atom. The maximum absolute atomic E-state index is 11.5. The SMILES string of the molecule is CCC(CC)[C@@H]1N[C@H](C(=O)O)Cc2c1[nH]c1ccccc21. The summed E-state index contributed by atoms with van der Waals surface area (Å²) in [7, 11) is 0. The van der Waals surface area contributed by atoms with Crippen LogP contribution in [0.3, 0.4) is 0 Å². The highest BCUT2D eigenvalue weighted by Crippen LogP contribution is 2.37. The van der Waals surface area contributed by atoms with Crippen LogP contribution in [0.25, 0.3) is 10.9 Å². The van der Waals surface area contributed by atoms with Crippen LogP contribution in [0.5, 0.6) is 0 Å². The third-order valence-electron chi connectivity index (χ3n) is 4.76. The van der Waals surface area contributed by atoms with Crippen molar-refractivity contribution in [3.8, 4) is 0 Å². The van der Waals surface area contributed by atoms with Crippen LogP contribution in [0.2, 0.25) is 0 Å². The largest absolute Gasteiger partial charge is 0.480 e. The van der Waals surface area contributed by atoms with E-state index in [0.29, 0.717) is 12.3 Å². The second-order valence-electron chi connectivity index (χ2n) is 5.88. The number of carboxylic acids is 1. The fourth-order valence-electron chi connectivity index (χ4n) is 3.56. The third-order valence-corrected chi connectivity index (χ3v) is 4.76. The molecule has 0 fully saturated rings. The molecule has 3 N–H and O–H groups in total. The quantitative estimate of drug-likeness (QED) is 0.808. The van der Waals surface area contributed by atoms with Crippen LogP contribution in [-0.2, 0) is 11.2 Å². The number of H-pyrrole nitrogens is 1. The zero-order valence-electron chi connectivity index (χ0n) is 12.5. The zero-order valence-corrected chi connectivity index (χ0v) is 12.5. The van der Waals surface area contributed by atoms with E-state index in [4.69, 9.17) is 0 Å². The summed E-state index contributed by atoms with van der Waals surface area (Å²) in [4.78, 5) is 15.0. The van der Waals surface area contributed by atoms with Crippen molar-refractivity contribution < 1.29 is 9.90 Å². The standard InChI is InChI=1S/C17H22N2O2/c1-3-10(4-2)15-16-12(9-14(19-15)17(20)21)11-7-5-6-8-13(11)18-16/h5-8,10,14-15,18-19H,3-4,9H2,1-2H3,(H,20,21)/t14-,15-/m0/s1. The molecule has 0 saturated carbocycles. The average molecular weight is 286 g/mol. The molecule has 2 aromatic rings. The van der Waals surface area contributed by atoms with Crippen LogP contribution in [0, 0.1) is 5.92 Å². The van der Waals surface area contributed by atoms with Crippen molar-refractivity contribution in [2.75, 3.05) is 0 Å². The van der Waals surface area contributed by atoms with Gasteiger partial charge < -0.3 is 10.1 Å². The summed E-state index contributed by atoms with van der Waals surface area (Å²) in [5.41, 5.74) is 3.46. The van der Waals surface area contributed by atoms with Crippen LogP contribution < -0.4 is 5.32 Å². The first kappa shape index (κ1) is 14.1. The highest BCUT2D eigenvalue weighted by molar-refractivity contribution is 5.86. The molecule has 21 heavy (non-hydrogen) atoms. The van der Waals surface area contributed by atoms with Gasteiger partial charge >= 0.3 is 5.97 Å². The second kappa shape index (κ2) is 5.53. The summed E-state index contributed by atoms with van der Waals surface area (Å²) < 4.78 is 0. The molecule has 0 bridgehead atoms. The predicted molar refractivity (Wildman–Crippen MR) is 83.4 cm³/mol. The number of aromatic amines is 1. The summed E-state index contributed by atoms with van der Waals surface area (Å²) in [5.74, 6) is -0.319. The number of carbonyl (C=O) groups is 1. The summed E-state index contributed by atoms with van der Waals surface area (Å²) in [6, 6.07) is 7.77. The first-order valence-corrected chi connectivity index (χ1v) is 7.74. The Balaban J connectivity index is 2.13. The lowest BCUT2D eigenvalue weighted by atomic mass is 9.84.